The van der Waals surface area contributed by atoms with Crippen LogP contribution in [0.25, 0.3) is 11.1 Å². The van der Waals surface area contributed by atoms with Gasteiger partial charge in [-0.25, -0.2) is 21.6 Å². The Morgan fingerprint density at radius 2 is 1.77 bits per heavy atom. The van der Waals surface area contributed by atoms with Crippen LogP contribution in [0, 0.1) is 17.5 Å². The van der Waals surface area contributed by atoms with Crippen LogP contribution in [0.3, 0.4) is 0 Å². The Morgan fingerprint density at radius 1 is 1.05 bits per heavy atom. The summed E-state index contributed by atoms with van der Waals surface area (Å²) < 4.78 is 110. The maximum Gasteiger partial charge on any atom is 0.282 e. The topological polar surface area (TPSA) is 125 Å². The van der Waals surface area contributed by atoms with Gasteiger partial charge in [-0.1, -0.05) is 6.07 Å². The van der Waals surface area contributed by atoms with Crippen LogP contribution in [-0.4, -0.2) is 66.3 Å². The second-order valence-corrected chi connectivity index (χ2v) is 12.1. The molecule has 39 heavy (non-hydrogen) atoms. The monoisotopic (exact) mass is 587 g/mol. The van der Waals surface area contributed by atoms with E-state index in [9.17, 15) is 30.0 Å². The van der Waals surface area contributed by atoms with Gasteiger partial charge >= 0.3 is 0 Å². The standard InChI is InChI=1S/C24H24F3N3O7S2/c1-29(9-10-31)39(34,35)28-24-14-30(38(32,33)17-5-7-20(27)23(13-17)36-2)21-11-15(3-8-22(21)37-24)18-12-16(25)4-6-19(18)26/h3-8,11-13,24,28,31H,9-10,14H2,1-2H3. The molecule has 4 rings (SSSR count). The number of ether oxygens (including phenoxy) is 2. The summed E-state index contributed by atoms with van der Waals surface area (Å²) in [7, 11) is -6.37. The van der Waals surface area contributed by atoms with Crippen molar-refractivity contribution in [1.82, 2.24) is 9.03 Å². The molecular formula is C24H24F3N3O7S2. The lowest BCUT2D eigenvalue weighted by molar-refractivity contribution is 0.184. The number of methoxy groups -OCH3 is 1. The number of rotatable bonds is 9. The number of aliphatic hydroxyl groups excluding tert-OH is 1. The predicted octanol–water partition coefficient (Wildman–Crippen LogP) is 2.45. The highest BCUT2D eigenvalue weighted by atomic mass is 32.2. The number of halogens is 3. The molecule has 10 nitrogen and oxygen atoms in total. The van der Waals surface area contributed by atoms with E-state index in [0.29, 0.717) is 0 Å². The van der Waals surface area contributed by atoms with E-state index in [1.165, 1.54) is 25.2 Å². The summed E-state index contributed by atoms with van der Waals surface area (Å²) in [5, 5.41) is 9.09. The van der Waals surface area contributed by atoms with Gasteiger partial charge in [-0.3, -0.25) is 4.31 Å². The molecule has 3 aromatic carbocycles. The Morgan fingerprint density at radius 3 is 2.46 bits per heavy atom. The molecule has 0 saturated carbocycles. The van der Waals surface area contributed by atoms with Gasteiger partial charge in [-0.2, -0.15) is 17.4 Å². The maximum absolute atomic E-state index is 14.5. The van der Waals surface area contributed by atoms with Crippen molar-refractivity contribution >= 4 is 25.9 Å². The molecule has 15 heteroatoms. The third-order valence-corrected chi connectivity index (χ3v) is 9.22. The van der Waals surface area contributed by atoms with Crippen molar-refractivity contribution in [3.05, 3.63) is 72.0 Å². The zero-order chi connectivity index (χ0) is 28.5. The first-order chi connectivity index (χ1) is 18.4. The van der Waals surface area contributed by atoms with E-state index < -0.39 is 57.1 Å². The fourth-order valence-electron chi connectivity index (χ4n) is 3.87. The van der Waals surface area contributed by atoms with Gasteiger partial charge in [0.15, 0.2) is 17.8 Å². The number of likely N-dealkylation sites (N-methyl/N-ethyl adjacent to an activating group) is 1. The average molecular weight is 588 g/mol. The van der Waals surface area contributed by atoms with E-state index in [2.05, 4.69) is 4.72 Å². The number of hydrogen-bond donors (Lipinski definition) is 2. The van der Waals surface area contributed by atoms with Crippen LogP contribution < -0.4 is 18.5 Å². The summed E-state index contributed by atoms with van der Waals surface area (Å²) in [6.45, 7) is -1.28. The minimum Gasteiger partial charge on any atom is -0.494 e. The number of aliphatic hydroxyl groups is 1. The van der Waals surface area contributed by atoms with E-state index in [0.717, 1.165) is 52.1 Å². The maximum atomic E-state index is 14.5. The molecular weight excluding hydrogens is 563 g/mol. The molecule has 0 bridgehead atoms. The van der Waals surface area contributed by atoms with Gasteiger partial charge in [0.05, 0.1) is 30.8 Å². The van der Waals surface area contributed by atoms with Gasteiger partial charge in [0.25, 0.3) is 20.2 Å². The van der Waals surface area contributed by atoms with Crippen molar-refractivity contribution in [2.24, 2.45) is 0 Å². The van der Waals surface area contributed by atoms with Crippen molar-refractivity contribution in [1.29, 1.82) is 0 Å². The molecule has 1 atom stereocenters. The fraction of sp³-hybridized carbons (Fsp3) is 0.250. The number of anilines is 1. The van der Waals surface area contributed by atoms with Gasteiger partial charge in [0.2, 0.25) is 0 Å². The average Bonchev–Trinajstić information content (AvgIpc) is 2.89. The molecule has 0 saturated heterocycles. The molecule has 0 fully saturated rings. The largest absolute Gasteiger partial charge is 0.494 e. The zero-order valence-electron chi connectivity index (χ0n) is 20.6. The lowest BCUT2D eigenvalue weighted by atomic mass is 10.0. The fourth-order valence-corrected chi connectivity index (χ4v) is 6.31. The minimum atomic E-state index is -4.51. The third kappa shape index (κ3) is 5.81. The number of benzene rings is 3. The lowest BCUT2D eigenvalue weighted by Crippen LogP contribution is -2.54. The van der Waals surface area contributed by atoms with E-state index in [4.69, 9.17) is 14.6 Å². The molecule has 2 N–H and O–H groups in total. The predicted molar refractivity (Wildman–Crippen MR) is 135 cm³/mol. The van der Waals surface area contributed by atoms with E-state index in [1.54, 1.807) is 0 Å². The highest BCUT2D eigenvalue weighted by molar-refractivity contribution is 7.92. The van der Waals surface area contributed by atoms with Crippen LogP contribution in [-0.2, 0) is 20.2 Å². The minimum absolute atomic E-state index is 0.0861. The van der Waals surface area contributed by atoms with Gasteiger partial charge in [-0.15, -0.1) is 0 Å². The summed E-state index contributed by atoms with van der Waals surface area (Å²) in [6.07, 6.45) is -1.43. The highest BCUT2D eigenvalue weighted by Crippen LogP contribution is 2.40. The van der Waals surface area contributed by atoms with Crippen molar-refractivity contribution in [3.8, 4) is 22.6 Å². The normalized spacial score (nSPS) is 15.7. The Bertz CT molecular complexity index is 1600. The van der Waals surface area contributed by atoms with Crippen molar-refractivity contribution in [3.63, 3.8) is 0 Å². The molecule has 0 amide bonds. The first kappa shape index (κ1) is 28.6. The molecule has 210 valence electrons. The van der Waals surface area contributed by atoms with Gasteiger partial charge in [-0.05, 0) is 48.0 Å². The lowest BCUT2D eigenvalue weighted by Gasteiger charge is -2.36. The Labute approximate surface area is 223 Å². The number of hydrogen-bond acceptors (Lipinski definition) is 7. The van der Waals surface area contributed by atoms with Gasteiger partial charge < -0.3 is 14.6 Å². The Kier molecular flexibility index (Phi) is 8.09. The van der Waals surface area contributed by atoms with Crippen molar-refractivity contribution in [2.45, 2.75) is 11.1 Å². The summed E-state index contributed by atoms with van der Waals surface area (Å²) in [5.74, 6) is -2.71. The Balaban J connectivity index is 1.83. The molecule has 0 aliphatic carbocycles. The number of nitrogens with one attached hydrogen (secondary N) is 1. The molecule has 1 aliphatic rings. The molecule has 0 spiro atoms. The summed E-state index contributed by atoms with van der Waals surface area (Å²) in [5.41, 5.74) is -0.126. The summed E-state index contributed by atoms with van der Waals surface area (Å²) in [6, 6.07) is 9.58. The van der Waals surface area contributed by atoms with Gasteiger partial charge in [0.1, 0.15) is 17.4 Å². The van der Waals surface area contributed by atoms with Crippen LogP contribution >= 0.6 is 0 Å². The molecule has 1 unspecified atom stereocenters. The molecule has 0 radical (unpaired) electrons. The smallest absolute Gasteiger partial charge is 0.282 e. The zero-order valence-corrected chi connectivity index (χ0v) is 22.3. The SMILES string of the molecule is COc1cc(S(=O)(=O)N2CC(NS(=O)(=O)N(C)CCO)Oc3ccc(-c4cc(F)ccc4F)cc32)ccc1F. The van der Waals surface area contributed by atoms with E-state index in [-0.39, 0.29) is 39.8 Å². The van der Waals surface area contributed by atoms with Crippen LogP contribution in [0.15, 0.2) is 59.5 Å². The van der Waals surface area contributed by atoms with Gasteiger partial charge in [0, 0.05) is 25.2 Å². The molecule has 0 aromatic heterocycles. The number of fused-ring (bicyclic) bond motifs is 1. The van der Waals surface area contributed by atoms with Crippen LogP contribution in [0.4, 0.5) is 18.9 Å². The molecule has 1 heterocycles. The van der Waals surface area contributed by atoms with Crippen molar-refractivity contribution < 1.29 is 44.6 Å². The molecule has 1 aliphatic heterocycles. The second kappa shape index (κ2) is 11.0. The summed E-state index contributed by atoms with van der Waals surface area (Å²) in [4.78, 5) is -0.380. The Hall–Kier alpha value is -3.37. The molecule has 3 aromatic rings. The third-order valence-electron chi connectivity index (χ3n) is 5.88. The van der Waals surface area contributed by atoms with Crippen LogP contribution in [0.1, 0.15) is 0 Å². The number of sulfonamides is 1. The first-order valence-corrected chi connectivity index (χ1v) is 14.2. The van der Waals surface area contributed by atoms with Crippen molar-refractivity contribution in [2.75, 3.05) is 38.2 Å². The van der Waals surface area contributed by atoms with E-state index in [1.807, 2.05) is 0 Å². The van der Waals surface area contributed by atoms with Crippen LogP contribution in [0.5, 0.6) is 11.5 Å². The summed E-state index contributed by atoms with van der Waals surface area (Å²) >= 11 is 0. The highest BCUT2D eigenvalue weighted by Gasteiger charge is 2.37. The second-order valence-electron chi connectivity index (χ2n) is 8.41. The quantitative estimate of drug-likeness (QED) is 0.394. The number of nitrogens with zero attached hydrogens (tertiary/aromatic N) is 2. The first-order valence-electron chi connectivity index (χ1n) is 11.3. The van der Waals surface area contributed by atoms with Crippen LogP contribution in [0.2, 0.25) is 0 Å². The van der Waals surface area contributed by atoms with E-state index >= 15 is 0 Å².